The molecule has 0 spiro atoms. The number of pyridine rings is 1. The van der Waals surface area contributed by atoms with Crippen LogP contribution >= 0.6 is 0 Å². The molecule has 1 aromatic carbocycles. The molecule has 2 unspecified atom stereocenters. The maximum absolute atomic E-state index is 13.1. The lowest BCUT2D eigenvalue weighted by Gasteiger charge is -2.11. The minimum Gasteiger partial charge on any atom is -0.488 e. The van der Waals surface area contributed by atoms with Crippen molar-refractivity contribution in [1.29, 1.82) is 0 Å². The van der Waals surface area contributed by atoms with Gasteiger partial charge < -0.3 is 31.0 Å². The van der Waals surface area contributed by atoms with Crippen LogP contribution < -0.4 is 21.5 Å². The fourth-order valence-corrected chi connectivity index (χ4v) is 2.95. The predicted octanol–water partition coefficient (Wildman–Crippen LogP) is 2.40. The lowest BCUT2D eigenvalue weighted by atomic mass is 10.2. The second-order valence-electron chi connectivity index (χ2n) is 7.45. The summed E-state index contributed by atoms with van der Waals surface area (Å²) >= 11 is 0. The third kappa shape index (κ3) is 9.00. The number of nitrogens with one attached hydrogen (secondary N) is 1. The molecular weight excluding hydrogens is 450 g/mol. The van der Waals surface area contributed by atoms with E-state index in [-0.39, 0.29) is 30.1 Å². The quantitative estimate of drug-likeness (QED) is 0.444. The lowest BCUT2D eigenvalue weighted by Crippen LogP contribution is -2.28. The van der Waals surface area contributed by atoms with Gasteiger partial charge >= 0.3 is 0 Å². The summed E-state index contributed by atoms with van der Waals surface area (Å²) in [5, 5.41) is 2.69. The smallest absolute Gasteiger partial charge is 0.267 e. The summed E-state index contributed by atoms with van der Waals surface area (Å²) in [6.07, 6.45) is 3.47. The van der Waals surface area contributed by atoms with Crippen LogP contribution in [0.25, 0.3) is 0 Å². The molecule has 11 heteroatoms. The Morgan fingerprint density at radius 3 is 2.68 bits per heavy atom. The van der Waals surface area contributed by atoms with Crippen molar-refractivity contribution in [2.75, 3.05) is 31.7 Å². The second kappa shape index (κ2) is 14.2. The highest BCUT2D eigenvalue weighted by molar-refractivity contribution is 5.96. The number of nitrogens with zero attached hydrogens (tertiary/aromatic N) is 1. The summed E-state index contributed by atoms with van der Waals surface area (Å²) in [5.41, 5.74) is 11.0. The number of benzene rings is 1. The Kier molecular flexibility index (Phi) is 11.3. The summed E-state index contributed by atoms with van der Waals surface area (Å²) in [7, 11) is 0. The Balaban J connectivity index is 0.000000242. The zero-order chi connectivity index (χ0) is 24.9. The average molecular weight is 481 g/mol. The molecule has 1 aliphatic rings. The van der Waals surface area contributed by atoms with Gasteiger partial charge in [-0.2, -0.15) is 4.39 Å². The van der Waals surface area contributed by atoms with E-state index in [0.717, 1.165) is 18.9 Å². The Labute approximate surface area is 196 Å². The molecule has 1 aromatic heterocycles. The maximum atomic E-state index is 13.1. The van der Waals surface area contributed by atoms with E-state index < -0.39 is 23.6 Å². The highest BCUT2D eigenvalue weighted by Gasteiger charge is 2.28. The van der Waals surface area contributed by atoms with Crippen LogP contribution in [-0.2, 0) is 14.3 Å². The van der Waals surface area contributed by atoms with Crippen molar-refractivity contribution in [3.05, 3.63) is 53.9 Å². The van der Waals surface area contributed by atoms with Crippen LogP contribution in [0.4, 0.5) is 14.5 Å². The largest absolute Gasteiger partial charge is 0.488 e. The molecule has 0 radical (unpaired) electrons. The van der Waals surface area contributed by atoms with Crippen LogP contribution in [0.5, 0.6) is 5.75 Å². The third-order valence-electron chi connectivity index (χ3n) is 4.70. The highest BCUT2D eigenvalue weighted by atomic mass is 19.2. The summed E-state index contributed by atoms with van der Waals surface area (Å²) in [4.78, 5) is 26.6. The molecule has 1 aliphatic heterocycles. The van der Waals surface area contributed by atoms with Crippen molar-refractivity contribution in [2.45, 2.75) is 38.4 Å². The number of hydrogen-bond acceptors (Lipinski definition) is 7. The van der Waals surface area contributed by atoms with Gasteiger partial charge in [0.2, 0.25) is 5.82 Å². The van der Waals surface area contributed by atoms with Crippen LogP contribution in [0, 0.1) is 11.6 Å². The predicted molar refractivity (Wildman–Crippen MR) is 121 cm³/mol. The molecule has 2 heterocycles. The molecule has 0 saturated carbocycles. The monoisotopic (exact) mass is 480 g/mol. The van der Waals surface area contributed by atoms with E-state index in [1.54, 1.807) is 6.07 Å². The first-order valence-electron chi connectivity index (χ1n) is 10.9. The van der Waals surface area contributed by atoms with Crippen LogP contribution in [0.2, 0.25) is 0 Å². The summed E-state index contributed by atoms with van der Waals surface area (Å²) in [6, 6.07) is 6.85. The SMILES string of the molecule is CC1CCC(C(=O)Nc2ccnc(C(N)=O)c2)O1.NCCCOCCOc1cccc(F)c1F. The third-order valence-corrected chi connectivity index (χ3v) is 4.70. The van der Waals surface area contributed by atoms with Crippen molar-refractivity contribution >= 4 is 17.5 Å². The zero-order valence-electron chi connectivity index (χ0n) is 19.0. The lowest BCUT2D eigenvalue weighted by molar-refractivity contribution is -0.126. The molecule has 1 saturated heterocycles. The zero-order valence-corrected chi connectivity index (χ0v) is 19.0. The van der Waals surface area contributed by atoms with E-state index in [9.17, 15) is 18.4 Å². The number of anilines is 1. The van der Waals surface area contributed by atoms with Crippen molar-refractivity contribution in [3.8, 4) is 5.75 Å². The van der Waals surface area contributed by atoms with Crippen molar-refractivity contribution in [2.24, 2.45) is 11.5 Å². The fraction of sp³-hybridized carbons (Fsp3) is 0.435. The van der Waals surface area contributed by atoms with E-state index in [1.807, 2.05) is 6.92 Å². The molecule has 3 rings (SSSR count). The van der Waals surface area contributed by atoms with Gasteiger partial charge in [-0.1, -0.05) is 6.07 Å². The van der Waals surface area contributed by atoms with Gasteiger partial charge in [0.15, 0.2) is 11.6 Å². The molecular formula is C23H30F2N4O5. The first kappa shape index (κ1) is 27.1. The molecule has 2 amide bonds. The van der Waals surface area contributed by atoms with E-state index in [0.29, 0.717) is 31.9 Å². The summed E-state index contributed by atoms with van der Waals surface area (Å²) in [5.74, 6) is -2.81. The van der Waals surface area contributed by atoms with Gasteiger partial charge in [-0.15, -0.1) is 0 Å². The molecule has 186 valence electrons. The van der Waals surface area contributed by atoms with E-state index in [4.69, 9.17) is 25.7 Å². The van der Waals surface area contributed by atoms with Crippen molar-refractivity contribution in [3.63, 3.8) is 0 Å². The second-order valence-corrected chi connectivity index (χ2v) is 7.45. The number of nitrogens with two attached hydrogens (primary N) is 2. The van der Waals surface area contributed by atoms with Gasteiger partial charge in [0, 0.05) is 18.5 Å². The number of ether oxygens (including phenoxy) is 3. The summed E-state index contributed by atoms with van der Waals surface area (Å²) < 4.78 is 41.5. The normalized spacial score (nSPS) is 16.9. The number of primary amides is 1. The van der Waals surface area contributed by atoms with Crippen molar-refractivity contribution < 1.29 is 32.6 Å². The first-order chi connectivity index (χ1) is 16.3. The molecule has 1 fully saturated rings. The number of halogens is 2. The topological polar surface area (TPSA) is 139 Å². The van der Waals surface area contributed by atoms with E-state index in [1.165, 1.54) is 24.4 Å². The van der Waals surface area contributed by atoms with Crippen LogP contribution in [-0.4, -0.2) is 55.4 Å². The summed E-state index contributed by atoms with van der Waals surface area (Å²) in [6.45, 7) is 3.57. The Morgan fingerprint density at radius 2 is 2.00 bits per heavy atom. The Hall–Kier alpha value is -3.15. The first-order valence-corrected chi connectivity index (χ1v) is 10.9. The standard InChI is InChI=1S/C12H15N3O3.C11H15F2NO2/c1-7-2-3-10(18-7)12(17)15-8-4-5-14-9(6-8)11(13)16;12-9-3-1-4-10(11(9)13)16-8-7-15-6-2-5-14/h4-7,10H,2-3H2,1H3,(H2,13,16)(H,14,15,17);1,3-4H,2,5-8,14H2. The van der Waals surface area contributed by atoms with Gasteiger partial charge in [-0.25, -0.2) is 4.39 Å². The van der Waals surface area contributed by atoms with Gasteiger partial charge in [-0.05, 0) is 57.0 Å². The fourth-order valence-electron chi connectivity index (χ4n) is 2.95. The average Bonchev–Trinajstić information content (AvgIpc) is 3.26. The number of amides is 2. The Bertz CT molecular complexity index is 947. The molecule has 0 aliphatic carbocycles. The van der Waals surface area contributed by atoms with Gasteiger partial charge in [0.25, 0.3) is 11.8 Å². The minimum atomic E-state index is -0.968. The van der Waals surface area contributed by atoms with Gasteiger partial charge in [-0.3, -0.25) is 14.6 Å². The van der Waals surface area contributed by atoms with Crippen LogP contribution in [0.3, 0.4) is 0 Å². The molecule has 5 N–H and O–H groups in total. The van der Waals surface area contributed by atoms with Crippen LogP contribution in [0.1, 0.15) is 36.7 Å². The van der Waals surface area contributed by atoms with Crippen LogP contribution in [0.15, 0.2) is 36.5 Å². The number of aromatic nitrogens is 1. The van der Waals surface area contributed by atoms with Crippen molar-refractivity contribution in [1.82, 2.24) is 4.98 Å². The molecule has 0 bridgehead atoms. The molecule has 2 atom stereocenters. The minimum absolute atomic E-state index is 0.0950. The number of hydrogen-bond donors (Lipinski definition) is 3. The number of carbonyl (C=O) groups is 2. The number of rotatable bonds is 10. The highest BCUT2D eigenvalue weighted by Crippen LogP contribution is 2.21. The molecule has 2 aromatic rings. The van der Waals surface area contributed by atoms with E-state index >= 15 is 0 Å². The maximum Gasteiger partial charge on any atom is 0.267 e. The Morgan fingerprint density at radius 1 is 1.21 bits per heavy atom. The molecule has 34 heavy (non-hydrogen) atoms. The van der Waals surface area contributed by atoms with E-state index in [2.05, 4.69) is 10.3 Å². The molecule has 9 nitrogen and oxygen atoms in total. The van der Waals surface area contributed by atoms with Gasteiger partial charge in [0.1, 0.15) is 18.4 Å². The number of carbonyl (C=O) groups excluding carboxylic acids is 2. The van der Waals surface area contributed by atoms with Gasteiger partial charge in [0.05, 0.1) is 12.7 Å².